The first kappa shape index (κ1) is 22.1. The van der Waals surface area contributed by atoms with Gasteiger partial charge < -0.3 is 15.3 Å². The Hall–Kier alpha value is -4.14. The van der Waals surface area contributed by atoms with E-state index in [4.69, 9.17) is 4.74 Å². The first-order valence-corrected chi connectivity index (χ1v) is 9.89. The molecule has 4 rings (SSSR count). The zero-order chi connectivity index (χ0) is 23.6. The Bertz CT molecular complexity index is 1320. The van der Waals surface area contributed by atoms with E-state index < -0.39 is 17.6 Å². The van der Waals surface area contributed by atoms with Crippen LogP contribution in [0.2, 0.25) is 0 Å². The highest BCUT2D eigenvalue weighted by molar-refractivity contribution is 5.95. The molecule has 0 aliphatic heterocycles. The van der Waals surface area contributed by atoms with E-state index in [1.807, 2.05) is 13.0 Å². The van der Waals surface area contributed by atoms with Gasteiger partial charge in [-0.15, -0.1) is 0 Å². The third kappa shape index (κ3) is 5.20. The largest absolute Gasteiger partial charge is 0.619 e. The topological polar surface area (TPSA) is 78.2 Å². The third-order valence-corrected chi connectivity index (χ3v) is 4.92. The zero-order valence-corrected chi connectivity index (χ0v) is 17.4. The molecule has 6 nitrogen and oxygen atoms in total. The Morgan fingerprint density at radius 3 is 2.58 bits per heavy atom. The van der Waals surface area contributed by atoms with Crippen molar-refractivity contribution in [3.63, 3.8) is 0 Å². The molecule has 2 heterocycles. The molecule has 0 unspecified atom stereocenters. The van der Waals surface area contributed by atoms with E-state index in [-0.39, 0.29) is 12.4 Å². The maximum Gasteiger partial charge on any atom is 0.416 e. The van der Waals surface area contributed by atoms with Gasteiger partial charge in [-0.1, -0.05) is 0 Å². The predicted molar refractivity (Wildman–Crippen MR) is 116 cm³/mol. The molecule has 0 aliphatic carbocycles. The molecule has 0 atom stereocenters. The van der Waals surface area contributed by atoms with Crippen LogP contribution in [0.4, 0.5) is 18.9 Å². The number of rotatable bonds is 5. The molecule has 0 radical (unpaired) electrons. The number of hydrogen-bond donors (Lipinski definition) is 1. The molecule has 9 heteroatoms. The monoisotopic (exact) mass is 453 g/mol. The van der Waals surface area contributed by atoms with Gasteiger partial charge in [-0.3, -0.25) is 4.79 Å². The minimum Gasteiger partial charge on any atom is -0.619 e. The highest BCUT2D eigenvalue weighted by Gasteiger charge is 2.30. The first-order chi connectivity index (χ1) is 15.7. The molecule has 0 saturated carbocycles. The maximum absolute atomic E-state index is 12.6. The van der Waals surface area contributed by atoms with Gasteiger partial charge in [0.25, 0.3) is 5.91 Å². The fourth-order valence-corrected chi connectivity index (χ4v) is 3.31. The van der Waals surface area contributed by atoms with Gasteiger partial charge in [-0.25, -0.2) is 4.98 Å². The Kier molecular flexibility index (Phi) is 5.87. The van der Waals surface area contributed by atoms with Crippen LogP contribution in [-0.4, -0.2) is 17.5 Å². The van der Waals surface area contributed by atoms with Crippen molar-refractivity contribution in [3.05, 3.63) is 89.4 Å². The Morgan fingerprint density at radius 2 is 1.88 bits per heavy atom. The number of fused-ring (bicyclic) bond motifs is 1. The van der Waals surface area contributed by atoms with Crippen LogP contribution < -0.4 is 14.8 Å². The first-order valence-electron chi connectivity index (χ1n) is 9.89. The molecule has 1 N–H and O–H groups in total. The second kappa shape index (κ2) is 8.78. The summed E-state index contributed by atoms with van der Waals surface area (Å²) in [5.74, 6) is -0.301. The van der Waals surface area contributed by atoms with Crippen LogP contribution in [0, 0.1) is 12.1 Å². The fraction of sp³-hybridized carbons (Fsp3) is 0.125. The standard InChI is InChI=1S/C24H18F3N3O3/c1-15-11-22(16-3-2-10-30(32)13-16)29-21-9-6-18(12-20(15)21)28-23(31)14-33-19-7-4-17(5-8-19)24(25,26)27/h2-13H,14H2,1H3,(H,28,31). The van der Waals surface area contributed by atoms with Crippen LogP contribution in [-0.2, 0) is 11.0 Å². The molecule has 1 amide bonds. The number of carbonyl (C=O) groups excluding carboxylic acids is 1. The smallest absolute Gasteiger partial charge is 0.416 e. The van der Waals surface area contributed by atoms with Crippen molar-refractivity contribution >= 4 is 22.5 Å². The number of pyridine rings is 2. The lowest BCUT2D eigenvalue weighted by atomic mass is 10.1. The highest BCUT2D eigenvalue weighted by atomic mass is 19.4. The average molecular weight is 453 g/mol. The number of amides is 1. The van der Waals surface area contributed by atoms with Gasteiger partial charge in [0.1, 0.15) is 5.75 Å². The van der Waals surface area contributed by atoms with Gasteiger partial charge in [0.2, 0.25) is 0 Å². The number of halogens is 3. The van der Waals surface area contributed by atoms with Crippen LogP contribution in [0.1, 0.15) is 11.1 Å². The Labute approximate surface area is 186 Å². The fourth-order valence-electron chi connectivity index (χ4n) is 3.31. The minimum atomic E-state index is -4.43. The van der Waals surface area contributed by atoms with E-state index in [1.165, 1.54) is 24.5 Å². The number of anilines is 1. The molecule has 4 aromatic rings. The molecule has 168 valence electrons. The van der Waals surface area contributed by atoms with Crippen molar-refractivity contribution in [3.8, 4) is 17.0 Å². The van der Waals surface area contributed by atoms with E-state index >= 15 is 0 Å². The van der Waals surface area contributed by atoms with E-state index in [0.717, 1.165) is 23.1 Å². The third-order valence-electron chi connectivity index (χ3n) is 4.92. The molecule has 0 bridgehead atoms. The van der Waals surface area contributed by atoms with Crippen LogP contribution >= 0.6 is 0 Å². The summed E-state index contributed by atoms with van der Waals surface area (Å²) in [6.07, 6.45) is -1.59. The summed E-state index contributed by atoms with van der Waals surface area (Å²) in [4.78, 5) is 16.8. The van der Waals surface area contributed by atoms with Crippen molar-refractivity contribution in [2.45, 2.75) is 13.1 Å². The second-order valence-electron chi connectivity index (χ2n) is 7.37. The molecular weight excluding hydrogens is 435 g/mol. The number of aryl methyl sites for hydroxylation is 1. The van der Waals surface area contributed by atoms with Crippen LogP contribution in [0.25, 0.3) is 22.2 Å². The zero-order valence-electron chi connectivity index (χ0n) is 17.4. The molecule has 2 aromatic heterocycles. The Morgan fingerprint density at radius 1 is 1.12 bits per heavy atom. The Balaban J connectivity index is 1.45. The molecule has 2 aromatic carbocycles. The average Bonchev–Trinajstić information content (AvgIpc) is 2.78. The van der Waals surface area contributed by atoms with Crippen LogP contribution in [0.3, 0.4) is 0 Å². The van der Waals surface area contributed by atoms with Gasteiger partial charge >= 0.3 is 6.18 Å². The van der Waals surface area contributed by atoms with Crippen molar-refractivity contribution < 1.29 is 27.4 Å². The second-order valence-corrected chi connectivity index (χ2v) is 7.37. The van der Waals surface area contributed by atoms with Gasteiger partial charge in [0.05, 0.1) is 22.3 Å². The van der Waals surface area contributed by atoms with Gasteiger partial charge in [-0.2, -0.15) is 17.9 Å². The SMILES string of the molecule is Cc1cc(-c2ccc[n+]([O-])c2)nc2ccc(NC(=O)COc3ccc(C(F)(F)F)cc3)cc12. The molecule has 33 heavy (non-hydrogen) atoms. The number of aromatic nitrogens is 2. The minimum absolute atomic E-state index is 0.157. The number of carbonyl (C=O) groups is 1. The lowest BCUT2D eigenvalue weighted by Gasteiger charge is -2.11. The summed E-state index contributed by atoms with van der Waals surface area (Å²) >= 11 is 0. The molecule has 0 aliphatic rings. The lowest BCUT2D eigenvalue weighted by Crippen LogP contribution is -2.24. The van der Waals surface area contributed by atoms with Crippen LogP contribution in [0.15, 0.2) is 73.1 Å². The van der Waals surface area contributed by atoms with Crippen molar-refractivity contribution in [1.82, 2.24) is 4.98 Å². The lowest BCUT2D eigenvalue weighted by molar-refractivity contribution is -0.604. The molecular formula is C24H18F3N3O3. The van der Waals surface area contributed by atoms with Crippen LogP contribution in [0.5, 0.6) is 5.75 Å². The summed E-state index contributed by atoms with van der Waals surface area (Å²) < 4.78 is 43.8. The predicted octanol–water partition coefficient (Wildman–Crippen LogP) is 4.88. The quantitative estimate of drug-likeness (QED) is 0.345. The summed E-state index contributed by atoms with van der Waals surface area (Å²) in [5, 5.41) is 15.1. The van der Waals surface area contributed by atoms with Gasteiger partial charge in [-0.05, 0) is 67.1 Å². The normalized spacial score (nSPS) is 11.4. The molecule has 0 spiro atoms. The number of alkyl halides is 3. The summed E-state index contributed by atoms with van der Waals surface area (Å²) in [6.45, 7) is 1.55. The number of ether oxygens (including phenoxy) is 1. The van der Waals surface area contributed by atoms with Gasteiger partial charge in [0, 0.05) is 17.1 Å². The van der Waals surface area contributed by atoms with Crippen molar-refractivity contribution in [1.29, 1.82) is 0 Å². The van der Waals surface area contributed by atoms with Crippen molar-refractivity contribution in [2.24, 2.45) is 0 Å². The summed E-state index contributed by atoms with van der Waals surface area (Å²) in [5.41, 5.74) is 2.70. The summed E-state index contributed by atoms with van der Waals surface area (Å²) in [6, 6.07) is 14.6. The maximum atomic E-state index is 12.6. The number of hydrogen-bond acceptors (Lipinski definition) is 4. The van der Waals surface area contributed by atoms with E-state index in [0.29, 0.717) is 27.2 Å². The van der Waals surface area contributed by atoms with Gasteiger partial charge in [0.15, 0.2) is 19.0 Å². The number of nitrogens with one attached hydrogen (secondary N) is 1. The molecule has 0 saturated heterocycles. The highest BCUT2D eigenvalue weighted by Crippen LogP contribution is 2.30. The van der Waals surface area contributed by atoms with Crippen molar-refractivity contribution in [2.75, 3.05) is 11.9 Å². The number of nitrogens with zero attached hydrogens (tertiary/aromatic N) is 2. The number of benzene rings is 2. The van der Waals surface area contributed by atoms with E-state index in [2.05, 4.69) is 10.3 Å². The summed E-state index contributed by atoms with van der Waals surface area (Å²) in [7, 11) is 0. The van der Waals surface area contributed by atoms with E-state index in [9.17, 15) is 23.2 Å². The van der Waals surface area contributed by atoms with E-state index in [1.54, 1.807) is 30.3 Å². The molecule has 0 fully saturated rings.